The average molecular weight is 552 g/mol. The van der Waals surface area contributed by atoms with E-state index in [9.17, 15) is 0 Å². The van der Waals surface area contributed by atoms with E-state index in [1.54, 1.807) is 0 Å². The summed E-state index contributed by atoms with van der Waals surface area (Å²) >= 11 is 0. The number of para-hydroxylation sites is 1. The molecule has 0 amide bonds. The van der Waals surface area contributed by atoms with E-state index in [2.05, 4.69) is 65.7 Å². The third-order valence-electron chi connectivity index (χ3n) is 8.80. The Morgan fingerprint density at radius 3 is 1.32 bits per heavy atom. The Morgan fingerprint density at radius 2 is 0.875 bits per heavy atom. The number of benzene rings is 1. The van der Waals surface area contributed by atoms with Crippen molar-refractivity contribution in [3.63, 3.8) is 0 Å². The van der Waals surface area contributed by atoms with Crippen molar-refractivity contribution in [1.29, 1.82) is 0 Å². The molecule has 0 aliphatic heterocycles. The van der Waals surface area contributed by atoms with Crippen molar-refractivity contribution in [3.8, 4) is 5.69 Å². The Bertz CT molecular complexity index is 793. The Hall–Kier alpha value is -1.57. The molecule has 0 radical (unpaired) electrons. The second-order valence-corrected chi connectivity index (χ2v) is 12.5. The molecule has 2 aromatic rings. The minimum absolute atomic E-state index is 1.17. The van der Waals surface area contributed by atoms with Gasteiger partial charge < -0.3 is 0 Å². The van der Waals surface area contributed by atoms with Crippen molar-refractivity contribution in [2.24, 2.45) is 0 Å². The van der Waals surface area contributed by atoms with E-state index in [4.69, 9.17) is 0 Å². The smallest absolute Gasteiger partial charge is 0.234 e. The molecule has 0 saturated heterocycles. The molecule has 0 bridgehead atoms. The molecule has 2 nitrogen and oxygen atoms in total. The largest absolute Gasteiger partial charge is 0.261 e. The molecule has 0 spiro atoms. The zero-order valence-electron chi connectivity index (χ0n) is 27.0. The lowest BCUT2D eigenvalue weighted by molar-refractivity contribution is -0.704. The first-order chi connectivity index (χ1) is 19.9. The number of unbranched alkanes of at least 4 members (excludes halogenated alkanes) is 23. The Morgan fingerprint density at radius 1 is 0.475 bits per heavy atom. The van der Waals surface area contributed by atoms with Gasteiger partial charge >= 0.3 is 0 Å². The van der Waals surface area contributed by atoms with E-state index in [0.29, 0.717) is 0 Å². The van der Waals surface area contributed by atoms with Gasteiger partial charge in [0.05, 0.1) is 6.54 Å². The fourth-order valence-electron chi connectivity index (χ4n) is 6.17. The fraction of sp³-hybridized carbons (Fsp3) is 0.763. The molecule has 1 heterocycles. The van der Waals surface area contributed by atoms with Crippen LogP contribution in [0.15, 0.2) is 42.7 Å². The van der Waals surface area contributed by atoms with E-state index in [0.717, 1.165) is 0 Å². The van der Waals surface area contributed by atoms with Gasteiger partial charge in [-0.3, -0.25) is 0 Å². The first-order valence-corrected chi connectivity index (χ1v) is 18.0. The zero-order valence-corrected chi connectivity index (χ0v) is 27.0. The lowest BCUT2D eigenvalue weighted by Gasteiger charge is -2.07. The van der Waals surface area contributed by atoms with Gasteiger partial charge in [-0.15, -0.1) is 0 Å². The van der Waals surface area contributed by atoms with Crippen LogP contribution in [-0.2, 0) is 13.0 Å². The lowest BCUT2D eigenvalue weighted by atomic mass is 10.0. The molecule has 228 valence electrons. The van der Waals surface area contributed by atoms with Crippen molar-refractivity contribution in [2.75, 3.05) is 0 Å². The van der Waals surface area contributed by atoms with Gasteiger partial charge in [0.25, 0.3) is 5.82 Å². The van der Waals surface area contributed by atoms with Gasteiger partial charge in [-0.05, 0) is 31.4 Å². The van der Waals surface area contributed by atoms with Crippen molar-refractivity contribution in [2.45, 2.75) is 187 Å². The normalized spacial score (nSPS) is 11.4. The first kappa shape index (κ1) is 34.6. The van der Waals surface area contributed by atoms with Gasteiger partial charge in [-0.2, -0.15) is 4.57 Å². The topological polar surface area (TPSA) is 8.81 Å². The number of nitrogens with zero attached hydrogens (tertiary/aromatic N) is 2. The summed E-state index contributed by atoms with van der Waals surface area (Å²) in [6.07, 6.45) is 41.3. The predicted octanol–water partition coefficient (Wildman–Crippen LogP) is 12.1. The van der Waals surface area contributed by atoms with Gasteiger partial charge in [0.15, 0.2) is 0 Å². The van der Waals surface area contributed by atoms with Crippen molar-refractivity contribution < 1.29 is 4.57 Å². The molecular weight excluding hydrogens is 484 g/mol. The molecular formula is C38H67N2+. The first-order valence-electron chi connectivity index (χ1n) is 18.0. The Kier molecular flexibility index (Phi) is 21.8. The molecule has 0 unspecified atom stereocenters. The number of aromatic nitrogens is 2. The van der Waals surface area contributed by atoms with Crippen LogP contribution in [0, 0.1) is 0 Å². The second kappa shape index (κ2) is 25.2. The van der Waals surface area contributed by atoms with Crippen molar-refractivity contribution in [1.82, 2.24) is 4.57 Å². The summed E-state index contributed by atoms with van der Waals surface area (Å²) in [5.74, 6) is 1.50. The molecule has 1 aromatic carbocycles. The van der Waals surface area contributed by atoms with Crippen molar-refractivity contribution >= 4 is 0 Å². The predicted molar refractivity (Wildman–Crippen MR) is 176 cm³/mol. The number of hydrogen-bond donors (Lipinski definition) is 0. The summed E-state index contributed by atoms with van der Waals surface area (Å²) < 4.78 is 4.99. The third-order valence-corrected chi connectivity index (χ3v) is 8.80. The molecule has 2 heteroatoms. The maximum atomic E-state index is 2.55. The number of hydrogen-bond acceptors (Lipinski definition) is 0. The summed E-state index contributed by atoms with van der Waals surface area (Å²) in [4.78, 5) is 0. The van der Waals surface area contributed by atoms with Crippen LogP contribution in [0.5, 0.6) is 0 Å². The molecule has 0 N–H and O–H groups in total. The number of imidazole rings is 1. The molecule has 40 heavy (non-hydrogen) atoms. The van der Waals surface area contributed by atoms with Crippen LogP contribution in [0.1, 0.15) is 180 Å². The van der Waals surface area contributed by atoms with Gasteiger partial charge in [0.2, 0.25) is 0 Å². The van der Waals surface area contributed by atoms with Gasteiger partial charge in [-0.25, -0.2) is 4.57 Å². The van der Waals surface area contributed by atoms with Crippen LogP contribution < -0.4 is 4.57 Å². The lowest BCUT2D eigenvalue weighted by Crippen LogP contribution is -2.37. The third kappa shape index (κ3) is 16.6. The summed E-state index contributed by atoms with van der Waals surface area (Å²) in [7, 11) is 0. The number of aryl methyl sites for hydroxylation is 1. The van der Waals surface area contributed by atoms with E-state index in [1.807, 2.05) is 0 Å². The summed E-state index contributed by atoms with van der Waals surface area (Å²) in [6, 6.07) is 10.9. The van der Waals surface area contributed by atoms with Crippen LogP contribution in [0.2, 0.25) is 0 Å². The van der Waals surface area contributed by atoms with E-state index in [1.165, 1.54) is 185 Å². The molecule has 0 aliphatic carbocycles. The molecule has 0 aliphatic rings. The van der Waals surface area contributed by atoms with E-state index < -0.39 is 0 Å². The standard InChI is InChI=1S/C38H67N2/c1-3-5-7-9-11-13-14-15-16-17-18-19-20-21-22-24-29-33-38-39(34-30-25-23-12-10-8-6-4-2)35-36-40(38)37-31-27-26-28-32-37/h26-28,31-32,35-36H,3-25,29-30,33-34H2,1-2H3/q+1. The van der Waals surface area contributed by atoms with Crippen LogP contribution >= 0.6 is 0 Å². The highest BCUT2D eigenvalue weighted by atomic mass is 15.1. The molecule has 0 saturated carbocycles. The Labute approximate surface area is 250 Å². The van der Waals surface area contributed by atoms with Gasteiger partial charge in [0, 0.05) is 6.42 Å². The van der Waals surface area contributed by atoms with Crippen LogP contribution in [-0.4, -0.2) is 4.57 Å². The minimum atomic E-state index is 1.17. The fourth-order valence-corrected chi connectivity index (χ4v) is 6.17. The maximum Gasteiger partial charge on any atom is 0.261 e. The number of rotatable bonds is 28. The van der Waals surface area contributed by atoms with Crippen LogP contribution in [0.4, 0.5) is 0 Å². The van der Waals surface area contributed by atoms with E-state index >= 15 is 0 Å². The monoisotopic (exact) mass is 552 g/mol. The second-order valence-electron chi connectivity index (χ2n) is 12.5. The molecule has 2 rings (SSSR count). The van der Waals surface area contributed by atoms with Gasteiger partial charge in [-0.1, -0.05) is 173 Å². The van der Waals surface area contributed by atoms with Crippen LogP contribution in [0.3, 0.4) is 0 Å². The molecule has 1 aromatic heterocycles. The van der Waals surface area contributed by atoms with Crippen LogP contribution in [0.25, 0.3) is 5.69 Å². The highest BCUT2D eigenvalue weighted by Crippen LogP contribution is 2.16. The molecule has 0 atom stereocenters. The zero-order chi connectivity index (χ0) is 28.4. The average Bonchev–Trinajstić information content (AvgIpc) is 3.39. The highest BCUT2D eigenvalue weighted by Gasteiger charge is 2.18. The quantitative estimate of drug-likeness (QED) is 0.0734. The van der Waals surface area contributed by atoms with Gasteiger partial charge in [0.1, 0.15) is 18.1 Å². The highest BCUT2D eigenvalue weighted by molar-refractivity contribution is 5.31. The maximum absolute atomic E-state index is 2.55. The summed E-state index contributed by atoms with van der Waals surface area (Å²) in [5, 5.41) is 0. The molecule has 0 fully saturated rings. The van der Waals surface area contributed by atoms with Crippen molar-refractivity contribution in [3.05, 3.63) is 48.5 Å². The summed E-state index contributed by atoms with van der Waals surface area (Å²) in [6.45, 7) is 5.78. The minimum Gasteiger partial charge on any atom is -0.234 e. The SMILES string of the molecule is CCCCCCCCCCCCCCCCCCCc1n(-c2ccccc2)cc[n+]1CCCCCCCCCC. The summed E-state index contributed by atoms with van der Waals surface area (Å²) in [5.41, 5.74) is 1.30. The Balaban J connectivity index is 1.56. The van der Waals surface area contributed by atoms with E-state index in [-0.39, 0.29) is 0 Å².